The van der Waals surface area contributed by atoms with Gasteiger partial charge < -0.3 is 14.8 Å². The fourth-order valence-corrected chi connectivity index (χ4v) is 4.32. The monoisotopic (exact) mass is 382 g/mol. The zero-order chi connectivity index (χ0) is 18.8. The minimum atomic E-state index is -3.27. The van der Waals surface area contributed by atoms with Crippen molar-refractivity contribution in [2.75, 3.05) is 25.1 Å². The molecule has 2 N–H and O–H groups in total. The molecule has 1 saturated carbocycles. The molecule has 0 bridgehead atoms. The number of hydrogen-bond donors (Lipinski definition) is 2. The van der Waals surface area contributed by atoms with Gasteiger partial charge in [-0.15, -0.1) is 0 Å². The van der Waals surface area contributed by atoms with Crippen molar-refractivity contribution < 1.29 is 17.9 Å². The first kappa shape index (κ1) is 19.3. The maximum absolute atomic E-state index is 12.3. The van der Waals surface area contributed by atoms with Crippen LogP contribution in [0.15, 0.2) is 18.2 Å². The minimum absolute atomic E-state index is 0.0600. The molecule has 1 aliphatic carbocycles. The van der Waals surface area contributed by atoms with Crippen LogP contribution in [0.1, 0.15) is 46.5 Å². The average Bonchev–Trinajstić information content (AvgIpc) is 2.60. The van der Waals surface area contributed by atoms with Crippen LogP contribution < -0.4 is 19.5 Å². The molecule has 2 aliphatic rings. The predicted molar refractivity (Wildman–Crippen MR) is 103 cm³/mol. The first-order valence-electron chi connectivity index (χ1n) is 9.40. The molecule has 7 heteroatoms. The highest BCUT2D eigenvalue weighted by molar-refractivity contribution is 7.90. The second-order valence-electron chi connectivity index (χ2n) is 8.19. The van der Waals surface area contributed by atoms with Gasteiger partial charge in [0.25, 0.3) is 0 Å². The van der Waals surface area contributed by atoms with E-state index in [2.05, 4.69) is 10.0 Å². The second kappa shape index (κ2) is 7.64. The van der Waals surface area contributed by atoms with Crippen LogP contribution >= 0.6 is 0 Å². The van der Waals surface area contributed by atoms with Crippen molar-refractivity contribution in [1.29, 1.82) is 0 Å². The smallest absolute Gasteiger partial charge is 0.216 e. The van der Waals surface area contributed by atoms with Crippen molar-refractivity contribution in [1.82, 2.24) is 4.72 Å². The fourth-order valence-electron chi connectivity index (χ4n) is 3.30. The number of nitrogens with one attached hydrogen (secondary N) is 2. The van der Waals surface area contributed by atoms with Crippen molar-refractivity contribution >= 4 is 15.7 Å². The molecule has 1 aromatic carbocycles. The summed E-state index contributed by atoms with van der Waals surface area (Å²) in [4.78, 5) is 0. The molecule has 0 spiro atoms. The Morgan fingerprint density at radius 2 is 1.69 bits per heavy atom. The average molecular weight is 383 g/mol. The molecule has 146 valence electrons. The van der Waals surface area contributed by atoms with Gasteiger partial charge in [0.2, 0.25) is 10.0 Å². The molecular formula is C19H30N2O4S. The Balaban J connectivity index is 1.46. The Morgan fingerprint density at radius 3 is 2.35 bits per heavy atom. The fraction of sp³-hybridized carbons (Fsp3) is 0.684. The van der Waals surface area contributed by atoms with E-state index in [0.717, 1.165) is 49.4 Å². The van der Waals surface area contributed by atoms with Gasteiger partial charge in [0.1, 0.15) is 13.2 Å². The van der Waals surface area contributed by atoms with Gasteiger partial charge in [-0.1, -0.05) is 0 Å². The molecule has 0 unspecified atom stereocenters. The Morgan fingerprint density at radius 1 is 1.04 bits per heavy atom. The molecule has 1 aliphatic heterocycles. The topological polar surface area (TPSA) is 76.7 Å². The zero-order valence-corrected chi connectivity index (χ0v) is 16.7. The van der Waals surface area contributed by atoms with E-state index >= 15 is 0 Å². The molecule has 0 atom stereocenters. The molecule has 26 heavy (non-hydrogen) atoms. The van der Waals surface area contributed by atoms with Crippen molar-refractivity contribution in [3.63, 3.8) is 0 Å². The molecule has 1 aromatic rings. The summed E-state index contributed by atoms with van der Waals surface area (Å²) in [5, 5.41) is 3.48. The number of hydrogen-bond acceptors (Lipinski definition) is 5. The second-order valence-corrected chi connectivity index (χ2v) is 10.7. The number of benzene rings is 1. The number of rotatable bonds is 5. The van der Waals surface area contributed by atoms with Gasteiger partial charge in [-0.05, 0) is 64.5 Å². The van der Waals surface area contributed by atoms with Crippen molar-refractivity contribution in [2.24, 2.45) is 5.92 Å². The molecule has 0 radical (unpaired) electrons. The SMILES string of the molecule is CC(C)(C)S(=O)(=O)N[C@H]1CC[C@H](CNc2ccc3c(c2)OCCO3)CC1. The molecular weight excluding hydrogens is 352 g/mol. The van der Waals surface area contributed by atoms with E-state index in [-0.39, 0.29) is 6.04 Å². The predicted octanol–water partition coefficient (Wildman–Crippen LogP) is 3.15. The summed E-state index contributed by atoms with van der Waals surface area (Å²) < 4.78 is 37.8. The summed E-state index contributed by atoms with van der Waals surface area (Å²) in [5.41, 5.74) is 1.03. The lowest BCUT2D eigenvalue weighted by molar-refractivity contribution is 0.171. The Kier molecular flexibility index (Phi) is 5.67. The Hall–Kier alpha value is -1.47. The van der Waals surface area contributed by atoms with E-state index in [1.807, 2.05) is 18.2 Å². The van der Waals surface area contributed by atoms with Gasteiger partial charge in [0, 0.05) is 24.3 Å². The van der Waals surface area contributed by atoms with Crippen molar-refractivity contribution in [2.45, 2.75) is 57.2 Å². The van der Waals surface area contributed by atoms with E-state index in [1.165, 1.54) is 0 Å². The molecule has 1 heterocycles. The highest BCUT2D eigenvalue weighted by Crippen LogP contribution is 2.33. The van der Waals surface area contributed by atoms with Crippen LogP contribution in [0.2, 0.25) is 0 Å². The maximum Gasteiger partial charge on any atom is 0.216 e. The summed E-state index contributed by atoms with van der Waals surface area (Å²) in [5.74, 6) is 2.15. The van der Waals surface area contributed by atoms with Gasteiger partial charge in [-0.2, -0.15) is 0 Å². The third-order valence-electron chi connectivity index (χ3n) is 5.11. The van der Waals surface area contributed by atoms with Gasteiger partial charge in [-0.25, -0.2) is 13.1 Å². The first-order chi connectivity index (χ1) is 12.2. The largest absolute Gasteiger partial charge is 0.486 e. The molecule has 1 fully saturated rings. The molecule has 0 saturated heterocycles. The van der Waals surface area contributed by atoms with Gasteiger partial charge in [-0.3, -0.25) is 0 Å². The van der Waals surface area contributed by atoms with Gasteiger partial charge >= 0.3 is 0 Å². The van der Waals surface area contributed by atoms with Crippen LogP contribution in [0.5, 0.6) is 11.5 Å². The summed E-state index contributed by atoms with van der Waals surface area (Å²) in [6.07, 6.45) is 3.83. The summed E-state index contributed by atoms with van der Waals surface area (Å²) in [7, 11) is -3.27. The lowest BCUT2D eigenvalue weighted by atomic mass is 9.86. The number of sulfonamides is 1. The standard InChI is InChI=1S/C19H30N2O4S/c1-19(2,3)26(22,23)21-15-6-4-14(5-7-15)13-20-16-8-9-17-18(12-16)25-11-10-24-17/h8-9,12,14-15,20-21H,4-7,10-11,13H2,1-3H3/t14-,15-. The van der Waals surface area contributed by atoms with Crippen LogP contribution in [0.3, 0.4) is 0 Å². The van der Waals surface area contributed by atoms with E-state index in [9.17, 15) is 8.42 Å². The van der Waals surface area contributed by atoms with Crippen LogP contribution in [-0.4, -0.2) is 39.0 Å². The van der Waals surface area contributed by atoms with E-state index in [1.54, 1.807) is 20.8 Å². The first-order valence-corrected chi connectivity index (χ1v) is 10.9. The van der Waals surface area contributed by atoms with Crippen LogP contribution in [0.25, 0.3) is 0 Å². The van der Waals surface area contributed by atoms with Crippen LogP contribution in [0.4, 0.5) is 5.69 Å². The maximum atomic E-state index is 12.3. The number of anilines is 1. The van der Waals surface area contributed by atoms with E-state index < -0.39 is 14.8 Å². The van der Waals surface area contributed by atoms with Crippen LogP contribution in [-0.2, 0) is 10.0 Å². The third-order valence-corrected chi connectivity index (χ3v) is 7.37. The van der Waals surface area contributed by atoms with E-state index in [0.29, 0.717) is 19.1 Å². The zero-order valence-electron chi connectivity index (χ0n) is 15.9. The summed E-state index contributed by atoms with van der Waals surface area (Å²) in [6.45, 7) is 7.28. The third kappa shape index (κ3) is 4.62. The minimum Gasteiger partial charge on any atom is -0.486 e. The highest BCUT2D eigenvalue weighted by atomic mass is 32.2. The number of fused-ring (bicyclic) bond motifs is 1. The lowest BCUT2D eigenvalue weighted by Crippen LogP contribution is -2.46. The summed E-state index contributed by atoms with van der Waals surface area (Å²) in [6, 6.07) is 5.99. The molecule has 0 aromatic heterocycles. The Labute approximate surface area is 156 Å². The van der Waals surface area contributed by atoms with Crippen molar-refractivity contribution in [3.8, 4) is 11.5 Å². The lowest BCUT2D eigenvalue weighted by Gasteiger charge is -2.31. The van der Waals surface area contributed by atoms with Crippen molar-refractivity contribution in [3.05, 3.63) is 18.2 Å². The number of ether oxygens (including phenoxy) is 2. The molecule has 0 amide bonds. The normalized spacial score (nSPS) is 23.5. The molecule has 3 rings (SSSR count). The highest BCUT2D eigenvalue weighted by Gasteiger charge is 2.32. The van der Waals surface area contributed by atoms with Crippen LogP contribution in [0, 0.1) is 5.92 Å². The van der Waals surface area contributed by atoms with Gasteiger partial charge in [0.05, 0.1) is 4.75 Å². The molecule has 6 nitrogen and oxygen atoms in total. The summed E-state index contributed by atoms with van der Waals surface area (Å²) >= 11 is 0. The Bertz CT molecular complexity index is 720. The quantitative estimate of drug-likeness (QED) is 0.818. The van der Waals surface area contributed by atoms with Gasteiger partial charge in [0.15, 0.2) is 11.5 Å². The van der Waals surface area contributed by atoms with E-state index in [4.69, 9.17) is 9.47 Å².